The van der Waals surface area contributed by atoms with Crippen molar-refractivity contribution >= 4 is 46.4 Å². The highest BCUT2D eigenvalue weighted by atomic mass is 35.5. The molecule has 0 saturated carbocycles. The number of hydrogen-bond donors (Lipinski definition) is 2. The second-order valence-electron chi connectivity index (χ2n) is 6.79. The lowest BCUT2D eigenvalue weighted by Gasteiger charge is -2.18. The summed E-state index contributed by atoms with van der Waals surface area (Å²) in [7, 11) is 1.76. The van der Waals surface area contributed by atoms with Crippen LogP contribution in [0.5, 0.6) is 0 Å². The van der Waals surface area contributed by atoms with E-state index in [4.69, 9.17) is 23.2 Å². The number of carbonyl (C=O) groups is 2. The Balaban J connectivity index is 1.58. The van der Waals surface area contributed by atoms with E-state index in [2.05, 4.69) is 10.6 Å². The molecular weight excluding hydrogens is 421 g/mol. The lowest BCUT2D eigenvalue weighted by molar-refractivity contribution is -0.114. The summed E-state index contributed by atoms with van der Waals surface area (Å²) in [6.07, 6.45) is 0. The number of anilines is 2. The van der Waals surface area contributed by atoms with E-state index in [-0.39, 0.29) is 18.4 Å². The van der Waals surface area contributed by atoms with Crippen LogP contribution in [0.3, 0.4) is 0 Å². The predicted octanol–water partition coefficient (Wildman–Crippen LogP) is 5.32. The highest BCUT2D eigenvalue weighted by Crippen LogP contribution is 2.22. The van der Waals surface area contributed by atoms with E-state index >= 15 is 0 Å². The van der Waals surface area contributed by atoms with Crippen molar-refractivity contribution in [2.45, 2.75) is 6.54 Å². The van der Waals surface area contributed by atoms with Crippen LogP contribution in [0.25, 0.3) is 0 Å². The molecule has 0 fully saturated rings. The highest BCUT2D eigenvalue weighted by Gasteiger charge is 2.13. The van der Waals surface area contributed by atoms with Gasteiger partial charge in [0.2, 0.25) is 5.91 Å². The molecule has 0 bridgehead atoms. The van der Waals surface area contributed by atoms with E-state index in [9.17, 15) is 9.59 Å². The average Bonchev–Trinajstić information content (AvgIpc) is 2.72. The Morgan fingerprint density at radius 1 is 0.867 bits per heavy atom. The third-order valence-corrected chi connectivity index (χ3v) is 4.75. The summed E-state index contributed by atoms with van der Waals surface area (Å²) in [5.41, 5.74) is 2.79. The van der Waals surface area contributed by atoms with Gasteiger partial charge in [-0.15, -0.1) is 0 Å². The molecule has 0 radical (unpaired) electrons. The SMILES string of the molecule is CN(Cc1ccccc1)C(=O)c1cccc(NCC(=O)Nc2cc(Cl)cc(Cl)c2)c1. The molecule has 0 aliphatic heterocycles. The molecule has 3 aromatic rings. The lowest BCUT2D eigenvalue weighted by atomic mass is 10.1. The van der Waals surface area contributed by atoms with E-state index in [1.54, 1.807) is 54.4 Å². The minimum Gasteiger partial charge on any atom is -0.376 e. The summed E-state index contributed by atoms with van der Waals surface area (Å²) in [6, 6.07) is 21.7. The molecule has 2 amide bonds. The minimum atomic E-state index is -0.258. The zero-order chi connectivity index (χ0) is 21.5. The van der Waals surface area contributed by atoms with Gasteiger partial charge in [-0.25, -0.2) is 0 Å². The third-order valence-electron chi connectivity index (χ3n) is 4.32. The molecule has 0 heterocycles. The van der Waals surface area contributed by atoms with Gasteiger partial charge in [-0.05, 0) is 42.0 Å². The summed E-state index contributed by atoms with van der Waals surface area (Å²) in [5, 5.41) is 6.64. The summed E-state index contributed by atoms with van der Waals surface area (Å²) in [5.74, 6) is -0.355. The van der Waals surface area contributed by atoms with Crippen molar-refractivity contribution in [1.29, 1.82) is 0 Å². The molecule has 5 nitrogen and oxygen atoms in total. The Labute approximate surface area is 185 Å². The van der Waals surface area contributed by atoms with Crippen LogP contribution in [-0.4, -0.2) is 30.3 Å². The first-order valence-electron chi connectivity index (χ1n) is 9.30. The van der Waals surface area contributed by atoms with Crippen LogP contribution in [0.15, 0.2) is 72.8 Å². The van der Waals surface area contributed by atoms with Gasteiger partial charge in [0.05, 0.1) is 6.54 Å². The van der Waals surface area contributed by atoms with Gasteiger partial charge in [-0.2, -0.15) is 0 Å². The molecule has 0 aromatic heterocycles. The number of rotatable bonds is 7. The maximum absolute atomic E-state index is 12.7. The van der Waals surface area contributed by atoms with Gasteiger partial charge in [-0.3, -0.25) is 9.59 Å². The van der Waals surface area contributed by atoms with E-state index in [1.807, 2.05) is 30.3 Å². The molecular formula is C23H21Cl2N3O2. The van der Waals surface area contributed by atoms with Crippen molar-refractivity contribution in [2.75, 3.05) is 24.2 Å². The molecule has 3 aromatic carbocycles. The van der Waals surface area contributed by atoms with Gasteiger partial charge in [0.1, 0.15) is 0 Å². The van der Waals surface area contributed by atoms with Gasteiger partial charge in [0.15, 0.2) is 0 Å². The van der Waals surface area contributed by atoms with Gasteiger partial charge < -0.3 is 15.5 Å². The highest BCUT2D eigenvalue weighted by molar-refractivity contribution is 6.35. The van der Waals surface area contributed by atoms with Crippen molar-refractivity contribution in [3.63, 3.8) is 0 Å². The molecule has 0 saturated heterocycles. The maximum atomic E-state index is 12.7. The quantitative estimate of drug-likeness (QED) is 0.521. The molecule has 0 spiro atoms. The lowest BCUT2D eigenvalue weighted by Crippen LogP contribution is -2.26. The topological polar surface area (TPSA) is 61.4 Å². The van der Waals surface area contributed by atoms with E-state index < -0.39 is 0 Å². The van der Waals surface area contributed by atoms with Crippen molar-refractivity contribution in [1.82, 2.24) is 4.90 Å². The Morgan fingerprint density at radius 2 is 1.57 bits per heavy atom. The average molecular weight is 442 g/mol. The zero-order valence-corrected chi connectivity index (χ0v) is 17.9. The summed E-state index contributed by atoms with van der Waals surface area (Å²) in [6.45, 7) is 0.545. The fourth-order valence-corrected chi connectivity index (χ4v) is 3.45. The number of halogens is 2. The van der Waals surface area contributed by atoms with Crippen LogP contribution in [0, 0.1) is 0 Å². The van der Waals surface area contributed by atoms with Crippen LogP contribution in [0.4, 0.5) is 11.4 Å². The molecule has 0 aliphatic carbocycles. The first kappa shape index (κ1) is 21.7. The zero-order valence-electron chi connectivity index (χ0n) is 16.4. The van der Waals surface area contributed by atoms with E-state index in [0.29, 0.717) is 33.5 Å². The largest absolute Gasteiger partial charge is 0.376 e. The molecule has 154 valence electrons. The minimum absolute atomic E-state index is 0.0294. The molecule has 0 atom stereocenters. The van der Waals surface area contributed by atoms with Crippen LogP contribution < -0.4 is 10.6 Å². The fraction of sp³-hybridized carbons (Fsp3) is 0.130. The summed E-state index contributed by atoms with van der Waals surface area (Å²) >= 11 is 11.9. The van der Waals surface area contributed by atoms with Gasteiger partial charge in [0.25, 0.3) is 5.91 Å². The van der Waals surface area contributed by atoms with Crippen LogP contribution in [0.2, 0.25) is 10.0 Å². The smallest absolute Gasteiger partial charge is 0.253 e. The number of amides is 2. The summed E-state index contributed by atoms with van der Waals surface area (Å²) < 4.78 is 0. The second-order valence-corrected chi connectivity index (χ2v) is 7.66. The molecule has 3 rings (SSSR count). The van der Waals surface area contributed by atoms with Crippen molar-refractivity contribution < 1.29 is 9.59 Å². The normalized spacial score (nSPS) is 10.4. The Morgan fingerprint density at radius 3 is 2.27 bits per heavy atom. The second kappa shape index (κ2) is 10.1. The number of benzene rings is 3. The van der Waals surface area contributed by atoms with E-state index in [0.717, 1.165) is 5.56 Å². The standard InChI is InChI=1S/C23H21Cl2N3O2/c1-28(15-16-6-3-2-4-7-16)23(30)17-8-5-9-20(10-17)26-14-22(29)27-21-12-18(24)11-19(25)13-21/h2-13,26H,14-15H2,1H3,(H,27,29). The van der Waals surface area contributed by atoms with Crippen LogP contribution in [-0.2, 0) is 11.3 Å². The van der Waals surface area contributed by atoms with E-state index in [1.165, 1.54) is 0 Å². The Bertz CT molecular complexity index is 1020. The Kier molecular flexibility index (Phi) is 7.33. The number of nitrogens with one attached hydrogen (secondary N) is 2. The van der Waals surface area contributed by atoms with Crippen LogP contribution in [0.1, 0.15) is 15.9 Å². The van der Waals surface area contributed by atoms with Crippen molar-refractivity contribution in [3.05, 3.63) is 94.0 Å². The van der Waals surface area contributed by atoms with Gasteiger partial charge in [-0.1, -0.05) is 59.6 Å². The number of hydrogen-bond acceptors (Lipinski definition) is 3. The third kappa shape index (κ3) is 6.24. The molecule has 2 N–H and O–H groups in total. The molecule has 0 unspecified atom stereocenters. The number of nitrogens with zero attached hydrogens (tertiary/aromatic N) is 1. The molecule has 0 aliphatic rings. The molecule has 7 heteroatoms. The monoisotopic (exact) mass is 441 g/mol. The first-order valence-corrected chi connectivity index (χ1v) is 10.1. The first-order chi connectivity index (χ1) is 14.4. The summed E-state index contributed by atoms with van der Waals surface area (Å²) in [4.78, 5) is 26.6. The van der Waals surface area contributed by atoms with Gasteiger partial charge >= 0.3 is 0 Å². The predicted molar refractivity (Wildman–Crippen MR) is 122 cm³/mol. The molecule has 30 heavy (non-hydrogen) atoms. The number of carbonyl (C=O) groups excluding carboxylic acids is 2. The fourth-order valence-electron chi connectivity index (χ4n) is 2.93. The van der Waals surface area contributed by atoms with Gasteiger partial charge in [0, 0.05) is 40.6 Å². The Hall–Kier alpha value is -3.02. The van der Waals surface area contributed by atoms with Crippen LogP contribution >= 0.6 is 23.2 Å². The van der Waals surface area contributed by atoms with Crippen molar-refractivity contribution in [3.8, 4) is 0 Å². The van der Waals surface area contributed by atoms with Crippen molar-refractivity contribution in [2.24, 2.45) is 0 Å². The maximum Gasteiger partial charge on any atom is 0.253 e.